The van der Waals surface area contributed by atoms with E-state index in [1.165, 1.54) is 36.2 Å². The van der Waals surface area contributed by atoms with Crippen LogP contribution in [0.1, 0.15) is 33.6 Å². The molecule has 7 nitrogen and oxygen atoms in total. The van der Waals surface area contributed by atoms with E-state index in [-0.39, 0.29) is 28.0 Å². The van der Waals surface area contributed by atoms with Crippen LogP contribution in [0.4, 0.5) is 14.5 Å². The van der Waals surface area contributed by atoms with Crippen LogP contribution in [0.5, 0.6) is 0 Å². The van der Waals surface area contributed by atoms with Gasteiger partial charge in [-0.1, -0.05) is 11.8 Å². The van der Waals surface area contributed by atoms with Crippen LogP contribution < -0.4 is 11.1 Å². The molecule has 0 saturated heterocycles. The zero-order chi connectivity index (χ0) is 23.1. The number of thioether (sulfide) groups is 1. The van der Waals surface area contributed by atoms with Gasteiger partial charge in [0.05, 0.1) is 16.9 Å². The summed E-state index contributed by atoms with van der Waals surface area (Å²) in [7, 11) is 1.56. The number of nitriles is 1. The van der Waals surface area contributed by atoms with Crippen LogP contribution >= 0.6 is 11.8 Å². The molecule has 166 valence electrons. The van der Waals surface area contributed by atoms with Crippen LogP contribution in [0.25, 0.3) is 0 Å². The number of halogens is 2. The van der Waals surface area contributed by atoms with Gasteiger partial charge in [-0.05, 0) is 43.2 Å². The summed E-state index contributed by atoms with van der Waals surface area (Å²) in [5.74, 6) is -1.45. The van der Waals surface area contributed by atoms with Crippen molar-refractivity contribution in [2.24, 2.45) is 16.6 Å². The molecule has 1 fully saturated rings. The largest absolute Gasteiger partial charge is 0.383 e. The molecule has 3 atom stereocenters. The van der Waals surface area contributed by atoms with Gasteiger partial charge in [0.2, 0.25) is 0 Å². The number of methoxy groups -OCH3 is 1. The number of carbonyl (C=O) groups is 1. The van der Waals surface area contributed by atoms with Crippen LogP contribution in [-0.2, 0) is 10.3 Å². The molecular formula is C22H21F2N5O2S. The Hall–Kier alpha value is -3.03. The van der Waals surface area contributed by atoms with E-state index in [0.29, 0.717) is 24.2 Å². The Morgan fingerprint density at radius 1 is 1.47 bits per heavy atom. The number of benzene rings is 1. The molecule has 1 saturated carbocycles. The number of carbonyl (C=O) groups excluding carboxylic acids is 1. The Balaban J connectivity index is 1.68. The second-order valence-corrected chi connectivity index (χ2v) is 9.45. The predicted octanol–water partition coefficient (Wildman–Crippen LogP) is 3.28. The number of aliphatic imine (C=N–C) groups is 1. The molecule has 2 aromatic rings. The number of pyridine rings is 1. The van der Waals surface area contributed by atoms with Crippen LogP contribution in [0, 0.1) is 30.0 Å². The summed E-state index contributed by atoms with van der Waals surface area (Å²) in [6.07, 6.45) is 1.89. The molecule has 1 aliphatic heterocycles. The monoisotopic (exact) mass is 457 g/mol. The van der Waals surface area contributed by atoms with E-state index in [2.05, 4.69) is 15.3 Å². The molecule has 10 heteroatoms. The van der Waals surface area contributed by atoms with E-state index in [1.807, 2.05) is 6.07 Å². The van der Waals surface area contributed by atoms with Gasteiger partial charge < -0.3 is 15.8 Å². The highest BCUT2D eigenvalue weighted by Gasteiger charge is 2.68. The smallest absolute Gasteiger partial charge is 0.274 e. The Morgan fingerprint density at radius 2 is 2.25 bits per heavy atom. The molecule has 1 aromatic heterocycles. The fourth-order valence-corrected chi connectivity index (χ4v) is 5.77. The molecule has 3 N–H and O–H groups in total. The average molecular weight is 458 g/mol. The number of fused-ring (bicyclic) bond motifs is 1. The molecule has 2 heterocycles. The number of rotatable bonds is 6. The number of nitrogens with one attached hydrogen (secondary N) is 1. The van der Waals surface area contributed by atoms with Crippen molar-refractivity contribution in [2.45, 2.75) is 23.6 Å². The normalized spacial score (nSPS) is 26.0. The SMILES string of the molecule is COC[C@]12C[C@H]1[C@@](CF)(c1cc(NC(=O)c3ncc(C#N)cc3C)ccc1F)N=C(N)S2. The molecule has 32 heavy (non-hydrogen) atoms. The summed E-state index contributed by atoms with van der Waals surface area (Å²) in [6, 6.07) is 7.48. The lowest BCUT2D eigenvalue weighted by atomic mass is 9.84. The van der Waals surface area contributed by atoms with Gasteiger partial charge in [-0.25, -0.2) is 18.8 Å². The van der Waals surface area contributed by atoms with Gasteiger partial charge in [-0.15, -0.1) is 0 Å². The van der Waals surface area contributed by atoms with Crippen LogP contribution in [0.3, 0.4) is 0 Å². The van der Waals surface area contributed by atoms with E-state index in [9.17, 15) is 13.6 Å². The summed E-state index contributed by atoms with van der Waals surface area (Å²) in [5.41, 5.74) is 5.82. The number of aryl methyl sites for hydroxylation is 1. The maximum absolute atomic E-state index is 15.0. The third-order valence-corrected chi connectivity index (χ3v) is 7.20. The number of anilines is 1. The van der Waals surface area contributed by atoms with Crippen molar-refractivity contribution in [1.82, 2.24) is 4.98 Å². The summed E-state index contributed by atoms with van der Waals surface area (Å²) in [6.45, 7) is 1.08. The van der Waals surface area contributed by atoms with Gasteiger partial charge in [-0.2, -0.15) is 5.26 Å². The lowest BCUT2D eigenvalue weighted by molar-refractivity contribution is 0.102. The second kappa shape index (κ2) is 8.15. The van der Waals surface area contributed by atoms with Gasteiger partial charge in [0.25, 0.3) is 5.91 Å². The number of hydrogen-bond acceptors (Lipinski definition) is 7. The summed E-state index contributed by atoms with van der Waals surface area (Å²) in [5, 5.41) is 11.8. The predicted molar refractivity (Wildman–Crippen MR) is 118 cm³/mol. The number of amidine groups is 1. The maximum Gasteiger partial charge on any atom is 0.274 e. The first-order valence-electron chi connectivity index (χ1n) is 9.86. The number of hydrogen-bond donors (Lipinski definition) is 2. The maximum atomic E-state index is 15.0. The Bertz CT molecular complexity index is 1170. The number of aromatic nitrogens is 1. The highest BCUT2D eigenvalue weighted by molar-refractivity contribution is 8.15. The van der Waals surface area contributed by atoms with Crippen molar-refractivity contribution < 1.29 is 18.3 Å². The molecule has 0 radical (unpaired) electrons. The standard InChI is InChI=1S/C22H21F2N5O2S/c1-12-5-13(8-25)9-27-18(12)19(30)28-14-3-4-16(24)15(6-14)22(10-23)17-7-21(17,11-31-2)32-20(26)29-22/h3-6,9,17H,7,10-11H2,1-2H3,(H2,26,29)(H,28,30)/t17-,21-,22-/m1/s1. The number of nitrogens with two attached hydrogens (primary N) is 1. The number of ether oxygens (including phenoxy) is 1. The van der Waals surface area contributed by atoms with Crippen molar-refractivity contribution in [3.63, 3.8) is 0 Å². The minimum Gasteiger partial charge on any atom is -0.383 e. The van der Waals surface area contributed by atoms with E-state index in [1.54, 1.807) is 20.1 Å². The van der Waals surface area contributed by atoms with Gasteiger partial charge in [0, 0.05) is 30.5 Å². The first kappa shape index (κ1) is 22.2. The molecule has 1 aromatic carbocycles. The highest BCUT2D eigenvalue weighted by Crippen LogP contribution is 2.66. The molecular weight excluding hydrogens is 436 g/mol. The van der Waals surface area contributed by atoms with E-state index < -0.39 is 28.7 Å². The highest BCUT2D eigenvalue weighted by atomic mass is 32.2. The minimum absolute atomic E-state index is 0.0357. The second-order valence-electron chi connectivity index (χ2n) is 8.01. The average Bonchev–Trinajstić information content (AvgIpc) is 3.48. The van der Waals surface area contributed by atoms with Gasteiger partial charge in [-0.3, -0.25) is 4.79 Å². The lowest BCUT2D eigenvalue weighted by Crippen LogP contribution is -2.41. The summed E-state index contributed by atoms with van der Waals surface area (Å²) < 4.78 is 34.4. The first-order valence-corrected chi connectivity index (χ1v) is 10.7. The number of amides is 1. The van der Waals surface area contributed by atoms with Crippen LogP contribution in [0.2, 0.25) is 0 Å². The molecule has 0 unspecified atom stereocenters. The van der Waals surface area contributed by atoms with Crippen molar-refractivity contribution in [3.05, 3.63) is 58.7 Å². The first-order chi connectivity index (χ1) is 15.3. The zero-order valence-corrected chi connectivity index (χ0v) is 18.3. The third kappa shape index (κ3) is 3.61. The van der Waals surface area contributed by atoms with Crippen LogP contribution in [0.15, 0.2) is 35.5 Å². The number of nitrogens with zero attached hydrogens (tertiary/aromatic N) is 3. The van der Waals surface area contributed by atoms with E-state index in [4.69, 9.17) is 15.7 Å². The molecule has 1 amide bonds. The number of alkyl halides is 1. The zero-order valence-electron chi connectivity index (χ0n) is 17.5. The molecule has 2 aliphatic rings. The quantitative estimate of drug-likeness (QED) is 0.688. The fourth-order valence-electron chi connectivity index (χ4n) is 4.38. The molecule has 1 aliphatic carbocycles. The summed E-state index contributed by atoms with van der Waals surface area (Å²) >= 11 is 1.33. The Kier molecular flexibility index (Phi) is 5.65. The Morgan fingerprint density at radius 3 is 2.91 bits per heavy atom. The van der Waals surface area contributed by atoms with Crippen molar-refractivity contribution in [2.75, 3.05) is 25.7 Å². The van der Waals surface area contributed by atoms with Gasteiger partial charge in [0.1, 0.15) is 29.8 Å². The molecule has 4 rings (SSSR count). The van der Waals surface area contributed by atoms with Crippen LogP contribution in [-0.4, -0.2) is 41.2 Å². The van der Waals surface area contributed by atoms with Gasteiger partial charge in [0.15, 0.2) is 5.17 Å². The summed E-state index contributed by atoms with van der Waals surface area (Å²) in [4.78, 5) is 21.1. The minimum atomic E-state index is -1.48. The van der Waals surface area contributed by atoms with E-state index >= 15 is 0 Å². The van der Waals surface area contributed by atoms with Crippen molar-refractivity contribution in [3.8, 4) is 6.07 Å². The van der Waals surface area contributed by atoms with E-state index in [0.717, 1.165) is 0 Å². The fraction of sp³-hybridized carbons (Fsp3) is 0.364. The van der Waals surface area contributed by atoms with Gasteiger partial charge >= 0.3 is 0 Å². The molecule has 0 bridgehead atoms. The topological polar surface area (TPSA) is 113 Å². The third-order valence-electron chi connectivity index (χ3n) is 5.92. The lowest BCUT2D eigenvalue weighted by Gasteiger charge is -2.35. The van der Waals surface area contributed by atoms with Crippen molar-refractivity contribution >= 4 is 28.5 Å². The van der Waals surface area contributed by atoms with Crippen molar-refractivity contribution in [1.29, 1.82) is 5.26 Å². The Labute approximate surface area is 188 Å². The molecule has 0 spiro atoms.